The smallest absolute Gasteiger partial charge is 0.347 e. The molecule has 116 valence electrons. The van der Waals surface area contributed by atoms with Gasteiger partial charge in [-0.2, -0.15) is 0 Å². The van der Waals surface area contributed by atoms with Crippen LogP contribution in [0.15, 0.2) is 40.8 Å². The zero-order valence-corrected chi connectivity index (χ0v) is 12.3. The third kappa shape index (κ3) is 3.63. The molecule has 0 saturated carbocycles. The molecule has 0 atom stereocenters. The number of rotatable bonds is 6. The normalized spacial score (nSPS) is 10.1. The molecule has 0 aliphatic carbocycles. The number of hydrogen-bond acceptors (Lipinski definition) is 7. The van der Waals surface area contributed by atoms with Crippen LogP contribution in [-0.4, -0.2) is 30.1 Å². The Hall–Kier alpha value is -2.83. The fourth-order valence-electron chi connectivity index (χ4n) is 1.72. The van der Waals surface area contributed by atoms with Gasteiger partial charge in [0, 0.05) is 11.9 Å². The first kappa shape index (κ1) is 15.6. The molecule has 0 saturated heterocycles. The van der Waals surface area contributed by atoms with Crippen LogP contribution in [-0.2, 0) is 19.1 Å². The van der Waals surface area contributed by atoms with Crippen LogP contribution in [0.25, 0.3) is 11.1 Å². The second-order valence-corrected chi connectivity index (χ2v) is 4.18. The summed E-state index contributed by atoms with van der Waals surface area (Å²) in [6, 6.07) is 5.19. The van der Waals surface area contributed by atoms with Crippen LogP contribution in [0.2, 0.25) is 0 Å². The minimum absolute atomic E-state index is 0.167. The number of esters is 2. The Bertz CT molecular complexity index is 685. The summed E-state index contributed by atoms with van der Waals surface area (Å²) in [7, 11) is 0. The van der Waals surface area contributed by atoms with E-state index in [4.69, 9.17) is 13.9 Å². The monoisotopic (exact) mass is 304 g/mol. The Balaban J connectivity index is 2.20. The van der Waals surface area contributed by atoms with Gasteiger partial charge < -0.3 is 19.2 Å². The third-order valence-corrected chi connectivity index (χ3v) is 2.70. The van der Waals surface area contributed by atoms with E-state index in [0.717, 1.165) is 0 Å². The topological polar surface area (TPSA) is 90.7 Å². The number of oxazole rings is 1. The van der Waals surface area contributed by atoms with Crippen LogP contribution in [0.1, 0.15) is 13.8 Å². The molecule has 2 aromatic rings. The lowest BCUT2D eigenvalue weighted by molar-refractivity contribution is -0.146. The van der Waals surface area contributed by atoms with E-state index in [1.165, 1.54) is 12.6 Å². The molecule has 1 N–H and O–H groups in total. The van der Waals surface area contributed by atoms with Gasteiger partial charge in [-0.05, 0) is 32.0 Å². The van der Waals surface area contributed by atoms with E-state index in [1.54, 1.807) is 32.0 Å². The molecule has 1 aromatic carbocycles. The number of nitrogens with one attached hydrogen (secondary N) is 1. The van der Waals surface area contributed by atoms with E-state index in [9.17, 15) is 9.59 Å². The molecule has 22 heavy (non-hydrogen) atoms. The van der Waals surface area contributed by atoms with Crippen LogP contribution < -0.4 is 5.32 Å². The first-order valence-corrected chi connectivity index (χ1v) is 6.80. The van der Waals surface area contributed by atoms with Crippen molar-refractivity contribution in [2.45, 2.75) is 13.8 Å². The van der Waals surface area contributed by atoms with Crippen molar-refractivity contribution in [3.8, 4) is 0 Å². The zero-order valence-electron chi connectivity index (χ0n) is 12.3. The number of fused-ring (bicyclic) bond motifs is 1. The first-order valence-electron chi connectivity index (χ1n) is 6.80. The lowest BCUT2D eigenvalue weighted by atomic mass is 10.2. The maximum atomic E-state index is 11.8. The molecule has 0 bridgehead atoms. The molecule has 0 fully saturated rings. The summed E-state index contributed by atoms with van der Waals surface area (Å²) in [5.41, 5.74) is 1.74. The molecule has 7 heteroatoms. The van der Waals surface area contributed by atoms with Crippen molar-refractivity contribution < 1.29 is 23.5 Å². The highest BCUT2D eigenvalue weighted by Gasteiger charge is 2.20. The van der Waals surface area contributed by atoms with Gasteiger partial charge in [0.05, 0.1) is 13.2 Å². The summed E-state index contributed by atoms with van der Waals surface area (Å²) < 4.78 is 14.8. The van der Waals surface area contributed by atoms with Gasteiger partial charge in [0.1, 0.15) is 5.52 Å². The summed E-state index contributed by atoms with van der Waals surface area (Å²) in [5.74, 6) is -1.48. The quantitative estimate of drug-likeness (QED) is 0.379. The third-order valence-electron chi connectivity index (χ3n) is 2.70. The van der Waals surface area contributed by atoms with E-state index in [-0.39, 0.29) is 18.8 Å². The Morgan fingerprint density at radius 2 is 1.91 bits per heavy atom. The van der Waals surface area contributed by atoms with Crippen molar-refractivity contribution in [1.82, 2.24) is 4.98 Å². The lowest BCUT2D eigenvalue weighted by Gasteiger charge is -2.07. The zero-order chi connectivity index (χ0) is 15.9. The van der Waals surface area contributed by atoms with Gasteiger partial charge >= 0.3 is 11.9 Å². The van der Waals surface area contributed by atoms with Crippen molar-refractivity contribution in [2.24, 2.45) is 0 Å². The SMILES string of the molecule is CCOC(=O)C(=CNc1ccc2ocnc2c1)C(=O)OCC. The van der Waals surface area contributed by atoms with Gasteiger partial charge in [0.15, 0.2) is 17.5 Å². The molecule has 1 aromatic heterocycles. The van der Waals surface area contributed by atoms with Gasteiger partial charge in [0.25, 0.3) is 0 Å². The van der Waals surface area contributed by atoms with Crippen molar-refractivity contribution in [3.63, 3.8) is 0 Å². The molecule has 0 radical (unpaired) electrons. The van der Waals surface area contributed by atoms with Crippen LogP contribution >= 0.6 is 0 Å². The van der Waals surface area contributed by atoms with Gasteiger partial charge in [-0.15, -0.1) is 0 Å². The van der Waals surface area contributed by atoms with Gasteiger partial charge in [0.2, 0.25) is 0 Å². The number of hydrogen-bond donors (Lipinski definition) is 1. The largest absolute Gasteiger partial charge is 0.462 e. The van der Waals surface area contributed by atoms with Gasteiger partial charge in [-0.25, -0.2) is 14.6 Å². The van der Waals surface area contributed by atoms with Gasteiger partial charge in [-0.1, -0.05) is 0 Å². The number of ether oxygens (including phenoxy) is 2. The minimum atomic E-state index is -0.740. The summed E-state index contributed by atoms with van der Waals surface area (Å²) in [6.07, 6.45) is 2.60. The maximum absolute atomic E-state index is 11.8. The van der Waals surface area contributed by atoms with Gasteiger partial charge in [-0.3, -0.25) is 0 Å². The number of aromatic nitrogens is 1. The summed E-state index contributed by atoms with van der Waals surface area (Å²) >= 11 is 0. The molecule has 0 unspecified atom stereocenters. The Kier molecular flexibility index (Phi) is 5.13. The minimum Gasteiger partial charge on any atom is -0.462 e. The second-order valence-electron chi connectivity index (χ2n) is 4.18. The molecular weight excluding hydrogens is 288 g/mol. The molecule has 0 spiro atoms. The second kappa shape index (κ2) is 7.26. The highest BCUT2D eigenvalue weighted by atomic mass is 16.6. The number of carbonyl (C=O) groups excluding carboxylic acids is 2. The fourth-order valence-corrected chi connectivity index (χ4v) is 1.72. The highest BCUT2D eigenvalue weighted by molar-refractivity contribution is 6.14. The van der Waals surface area contributed by atoms with E-state index in [2.05, 4.69) is 10.3 Å². The van der Waals surface area contributed by atoms with Crippen LogP contribution in [0.3, 0.4) is 0 Å². The molecule has 7 nitrogen and oxygen atoms in total. The van der Waals surface area contributed by atoms with E-state index in [1.807, 2.05) is 0 Å². The molecule has 2 rings (SSSR count). The van der Waals surface area contributed by atoms with Crippen molar-refractivity contribution in [2.75, 3.05) is 18.5 Å². The van der Waals surface area contributed by atoms with E-state index >= 15 is 0 Å². The lowest BCUT2D eigenvalue weighted by Crippen LogP contribution is -2.19. The Morgan fingerprint density at radius 1 is 1.23 bits per heavy atom. The van der Waals surface area contributed by atoms with E-state index < -0.39 is 11.9 Å². The van der Waals surface area contributed by atoms with Crippen molar-refractivity contribution >= 4 is 28.7 Å². The number of nitrogens with zero attached hydrogens (tertiary/aromatic N) is 1. The average Bonchev–Trinajstić information content (AvgIpc) is 2.95. The molecule has 1 heterocycles. The molecular formula is C15H16N2O5. The van der Waals surface area contributed by atoms with Crippen LogP contribution in [0.4, 0.5) is 5.69 Å². The summed E-state index contributed by atoms with van der Waals surface area (Å²) in [4.78, 5) is 27.6. The Morgan fingerprint density at radius 3 is 2.55 bits per heavy atom. The van der Waals surface area contributed by atoms with Crippen molar-refractivity contribution in [3.05, 3.63) is 36.4 Å². The maximum Gasteiger partial charge on any atom is 0.347 e. The van der Waals surface area contributed by atoms with E-state index in [0.29, 0.717) is 16.8 Å². The first-order chi connectivity index (χ1) is 10.7. The molecule has 0 aliphatic heterocycles. The van der Waals surface area contributed by atoms with Crippen LogP contribution in [0.5, 0.6) is 0 Å². The number of carbonyl (C=O) groups is 2. The van der Waals surface area contributed by atoms with Crippen molar-refractivity contribution in [1.29, 1.82) is 0 Å². The number of benzene rings is 1. The highest BCUT2D eigenvalue weighted by Crippen LogP contribution is 2.18. The Labute approximate surface area is 126 Å². The molecule has 0 aliphatic rings. The summed E-state index contributed by atoms with van der Waals surface area (Å²) in [5, 5.41) is 2.86. The fraction of sp³-hybridized carbons (Fsp3) is 0.267. The summed E-state index contributed by atoms with van der Waals surface area (Å²) in [6.45, 7) is 3.65. The standard InChI is InChI=1S/C15H16N2O5/c1-3-20-14(18)11(15(19)21-4-2)8-16-10-5-6-13-12(7-10)17-9-22-13/h5-9,16H,3-4H2,1-2H3. The van der Waals surface area contributed by atoms with Crippen LogP contribution in [0, 0.1) is 0 Å². The predicted octanol–water partition coefficient (Wildman–Crippen LogP) is 2.25. The predicted molar refractivity (Wildman–Crippen MR) is 79.0 cm³/mol. The number of anilines is 1. The molecule has 0 amide bonds. The average molecular weight is 304 g/mol.